The van der Waals surface area contributed by atoms with Gasteiger partial charge in [-0.15, -0.1) is 0 Å². The largest absolute Gasteiger partial charge is 0.493 e. The second kappa shape index (κ2) is 8.82. The van der Waals surface area contributed by atoms with Crippen molar-refractivity contribution in [3.05, 3.63) is 45.3 Å². The molecule has 0 amide bonds. The smallest absolute Gasteiger partial charge is 0.124 e. The highest BCUT2D eigenvalue weighted by molar-refractivity contribution is 14.1. The van der Waals surface area contributed by atoms with Crippen LogP contribution in [0, 0.1) is 10.5 Å². The van der Waals surface area contributed by atoms with Crippen LogP contribution < -0.4 is 4.74 Å². The summed E-state index contributed by atoms with van der Waals surface area (Å²) in [6.45, 7) is 8.43. The van der Waals surface area contributed by atoms with Gasteiger partial charge < -0.3 is 9.47 Å². The molecule has 0 radical (unpaired) electrons. The van der Waals surface area contributed by atoms with Gasteiger partial charge in [0.25, 0.3) is 0 Å². The maximum absolute atomic E-state index is 6.05. The number of para-hydroxylation sites is 1. The average molecular weight is 441 g/mol. The predicted octanol–water partition coefficient (Wildman–Crippen LogP) is 2.95. The number of benzene rings is 1. The van der Waals surface area contributed by atoms with Crippen LogP contribution in [0.25, 0.3) is 0 Å². The zero-order valence-electron chi connectivity index (χ0n) is 14.1. The maximum atomic E-state index is 6.05. The van der Waals surface area contributed by atoms with Gasteiger partial charge >= 0.3 is 0 Å². The van der Waals surface area contributed by atoms with Crippen molar-refractivity contribution in [1.82, 2.24) is 14.7 Å². The van der Waals surface area contributed by atoms with Gasteiger partial charge in [-0.3, -0.25) is 9.58 Å². The molecule has 1 aliphatic heterocycles. The molecule has 0 aliphatic carbocycles. The molecule has 2 aromatic rings. The summed E-state index contributed by atoms with van der Waals surface area (Å²) in [4.78, 5) is 2.44. The van der Waals surface area contributed by atoms with Gasteiger partial charge in [0.2, 0.25) is 0 Å². The summed E-state index contributed by atoms with van der Waals surface area (Å²) in [7, 11) is 0. The summed E-state index contributed by atoms with van der Waals surface area (Å²) >= 11 is 2.32. The Balaban J connectivity index is 1.53. The number of hydrogen-bond donors (Lipinski definition) is 0. The molecule has 1 aliphatic rings. The van der Waals surface area contributed by atoms with Gasteiger partial charge in [-0.05, 0) is 42.0 Å². The van der Waals surface area contributed by atoms with E-state index < -0.39 is 0 Å². The van der Waals surface area contributed by atoms with Gasteiger partial charge in [-0.2, -0.15) is 5.10 Å². The summed E-state index contributed by atoms with van der Waals surface area (Å²) < 4.78 is 14.6. The molecule has 1 aromatic carbocycles. The number of hydrogen-bond acceptors (Lipinski definition) is 4. The third-order valence-corrected chi connectivity index (χ3v) is 5.38. The Morgan fingerprint density at radius 2 is 2.04 bits per heavy atom. The van der Waals surface area contributed by atoms with Gasteiger partial charge in [0.05, 0.1) is 36.1 Å². The molecule has 130 valence electrons. The van der Waals surface area contributed by atoms with Crippen LogP contribution in [-0.2, 0) is 11.3 Å². The van der Waals surface area contributed by atoms with Crippen LogP contribution in [0.3, 0.4) is 0 Å². The van der Waals surface area contributed by atoms with Gasteiger partial charge in [-0.25, -0.2) is 0 Å². The molecule has 1 saturated heterocycles. The summed E-state index contributed by atoms with van der Waals surface area (Å²) in [5, 5.41) is 4.44. The zero-order valence-corrected chi connectivity index (χ0v) is 16.2. The Morgan fingerprint density at radius 3 is 2.79 bits per heavy atom. The normalized spacial score (nSPS) is 15.6. The Labute approximate surface area is 157 Å². The zero-order chi connectivity index (χ0) is 16.8. The van der Waals surface area contributed by atoms with Gasteiger partial charge in [0.15, 0.2) is 0 Å². The maximum Gasteiger partial charge on any atom is 0.124 e. The summed E-state index contributed by atoms with van der Waals surface area (Å²) in [6, 6.07) is 8.25. The van der Waals surface area contributed by atoms with E-state index in [0.717, 1.165) is 58.2 Å². The van der Waals surface area contributed by atoms with Crippen molar-refractivity contribution in [3.63, 3.8) is 0 Å². The molecule has 6 heteroatoms. The van der Waals surface area contributed by atoms with E-state index in [2.05, 4.69) is 51.6 Å². The van der Waals surface area contributed by atoms with Crippen LogP contribution in [0.5, 0.6) is 5.75 Å². The molecule has 0 bridgehead atoms. The third kappa shape index (κ3) is 4.70. The number of halogens is 1. The molecular weight excluding hydrogens is 417 g/mol. The van der Waals surface area contributed by atoms with E-state index in [0.29, 0.717) is 0 Å². The lowest BCUT2D eigenvalue weighted by Gasteiger charge is -2.26. The predicted molar refractivity (Wildman–Crippen MR) is 103 cm³/mol. The van der Waals surface area contributed by atoms with Crippen LogP contribution in [0.15, 0.2) is 30.5 Å². The molecule has 0 N–H and O–H groups in total. The van der Waals surface area contributed by atoms with E-state index in [1.807, 2.05) is 23.0 Å². The Hall–Kier alpha value is -1.12. The van der Waals surface area contributed by atoms with Gasteiger partial charge in [0.1, 0.15) is 5.75 Å². The third-order valence-electron chi connectivity index (χ3n) is 4.32. The fraction of sp³-hybridized carbons (Fsp3) is 0.500. The van der Waals surface area contributed by atoms with Crippen LogP contribution in [-0.4, -0.2) is 54.1 Å². The van der Waals surface area contributed by atoms with Crippen LogP contribution in [0.4, 0.5) is 0 Å². The molecule has 0 atom stereocenters. The molecular formula is C18H24IN3O2. The Kier molecular flexibility index (Phi) is 6.51. The van der Waals surface area contributed by atoms with E-state index in [9.17, 15) is 0 Å². The first-order valence-corrected chi connectivity index (χ1v) is 9.50. The molecule has 2 heterocycles. The van der Waals surface area contributed by atoms with Crippen molar-refractivity contribution >= 4 is 22.6 Å². The van der Waals surface area contributed by atoms with E-state index >= 15 is 0 Å². The van der Waals surface area contributed by atoms with Crippen molar-refractivity contribution in [2.75, 3.05) is 39.5 Å². The highest BCUT2D eigenvalue weighted by Gasteiger charge is 2.11. The summed E-state index contributed by atoms with van der Waals surface area (Å²) in [5.41, 5.74) is 2.36. The lowest BCUT2D eigenvalue weighted by atomic mass is 10.2. The Bertz CT molecular complexity index is 653. The molecule has 1 aromatic heterocycles. The number of aromatic nitrogens is 2. The van der Waals surface area contributed by atoms with Crippen molar-refractivity contribution in [3.8, 4) is 5.75 Å². The second-order valence-electron chi connectivity index (χ2n) is 6.00. The molecule has 3 rings (SSSR count). The van der Waals surface area contributed by atoms with Crippen LogP contribution in [0.1, 0.15) is 17.7 Å². The number of nitrogens with zero attached hydrogens (tertiary/aromatic N) is 3. The SMILES string of the molecule is Cc1c(I)cnn1Cc1ccccc1OCCCN1CCOCC1. The van der Waals surface area contributed by atoms with Crippen LogP contribution >= 0.6 is 22.6 Å². The van der Waals surface area contributed by atoms with Crippen molar-refractivity contribution in [1.29, 1.82) is 0 Å². The van der Waals surface area contributed by atoms with Gasteiger partial charge in [0, 0.05) is 30.9 Å². The fourth-order valence-corrected chi connectivity index (χ4v) is 3.22. The quantitative estimate of drug-likeness (QED) is 0.490. The molecule has 0 unspecified atom stereocenters. The first kappa shape index (κ1) is 17.7. The molecule has 24 heavy (non-hydrogen) atoms. The van der Waals surface area contributed by atoms with Crippen molar-refractivity contribution in [2.45, 2.75) is 19.9 Å². The van der Waals surface area contributed by atoms with E-state index in [1.54, 1.807) is 0 Å². The van der Waals surface area contributed by atoms with Crippen molar-refractivity contribution in [2.24, 2.45) is 0 Å². The van der Waals surface area contributed by atoms with E-state index in [4.69, 9.17) is 9.47 Å². The van der Waals surface area contributed by atoms with E-state index in [-0.39, 0.29) is 0 Å². The lowest BCUT2D eigenvalue weighted by Crippen LogP contribution is -2.37. The first-order chi connectivity index (χ1) is 11.7. The van der Waals surface area contributed by atoms with Crippen molar-refractivity contribution < 1.29 is 9.47 Å². The van der Waals surface area contributed by atoms with Gasteiger partial charge in [-0.1, -0.05) is 18.2 Å². The molecule has 5 nitrogen and oxygen atoms in total. The number of ether oxygens (including phenoxy) is 2. The number of morpholine rings is 1. The Morgan fingerprint density at radius 1 is 1.25 bits per heavy atom. The minimum Gasteiger partial charge on any atom is -0.493 e. The minimum absolute atomic E-state index is 0.740. The number of rotatable bonds is 7. The highest BCUT2D eigenvalue weighted by atomic mass is 127. The fourth-order valence-electron chi connectivity index (χ4n) is 2.81. The summed E-state index contributed by atoms with van der Waals surface area (Å²) in [5.74, 6) is 0.962. The highest BCUT2D eigenvalue weighted by Crippen LogP contribution is 2.21. The molecule has 0 spiro atoms. The monoisotopic (exact) mass is 441 g/mol. The average Bonchev–Trinajstić information content (AvgIpc) is 2.93. The lowest BCUT2D eigenvalue weighted by molar-refractivity contribution is 0.0358. The molecule has 0 saturated carbocycles. The topological polar surface area (TPSA) is 39.5 Å². The summed E-state index contributed by atoms with van der Waals surface area (Å²) in [6.07, 6.45) is 2.94. The molecule has 1 fully saturated rings. The standard InChI is InChI=1S/C18H24IN3O2/c1-15-17(19)13-20-22(15)14-16-5-2-3-6-18(16)24-10-4-7-21-8-11-23-12-9-21/h2-3,5-6,13H,4,7-12,14H2,1H3. The van der Waals surface area contributed by atoms with Crippen LogP contribution in [0.2, 0.25) is 0 Å². The minimum atomic E-state index is 0.740. The first-order valence-electron chi connectivity index (χ1n) is 8.43. The van der Waals surface area contributed by atoms with E-state index in [1.165, 1.54) is 14.8 Å². The second-order valence-corrected chi connectivity index (χ2v) is 7.16.